The fourth-order valence-corrected chi connectivity index (χ4v) is 1.67. The normalized spacial score (nSPS) is 10.1. The zero-order chi connectivity index (χ0) is 11.4. The molecule has 1 aromatic heterocycles. The number of hydrogen-bond donors (Lipinski definition) is 0. The Morgan fingerprint density at radius 3 is 2.69 bits per heavy atom. The van der Waals surface area contributed by atoms with Crippen LogP contribution in [0.3, 0.4) is 0 Å². The van der Waals surface area contributed by atoms with Crippen molar-refractivity contribution in [1.82, 2.24) is 4.98 Å². The van der Waals surface area contributed by atoms with Crippen LogP contribution in [0, 0.1) is 5.82 Å². The second-order valence-corrected chi connectivity index (χ2v) is 4.07. The zero-order valence-corrected chi connectivity index (χ0v) is 9.95. The summed E-state index contributed by atoms with van der Waals surface area (Å²) in [4.78, 5) is 3.85. The molecule has 82 valence electrons. The van der Waals surface area contributed by atoms with Crippen LogP contribution in [0.15, 0.2) is 47.1 Å². The van der Waals surface area contributed by atoms with Crippen LogP contribution in [0.1, 0.15) is 5.56 Å². The van der Waals surface area contributed by atoms with Gasteiger partial charge in [-0.15, -0.1) is 0 Å². The summed E-state index contributed by atoms with van der Waals surface area (Å²) in [7, 11) is 0. The summed E-state index contributed by atoms with van der Waals surface area (Å²) >= 11 is 3.19. The van der Waals surface area contributed by atoms with E-state index in [1.165, 1.54) is 6.07 Å². The number of pyridine rings is 1. The van der Waals surface area contributed by atoms with Crippen LogP contribution in [0.25, 0.3) is 0 Å². The fraction of sp³-hybridized carbons (Fsp3) is 0.0833. The molecule has 0 atom stereocenters. The van der Waals surface area contributed by atoms with Gasteiger partial charge in [0.1, 0.15) is 12.4 Å². The molecule has 16 heavy (non-hydrogen) atoms. The van der Waals surface area contributed by atoms with Crippen LogP contribution in [0.4, 0.5) is 4.39 Å². The molecule has 2 aromatic rings. The van der Waals surface area contributed by atoms with Gasteiger partial charge in [-0.2, -0.15) is 0 Å². The number of ether oxygens (including phenoxy) is 1. The Morgan fingerprint density at radius 1 is 1.25 bits per heavy atom. The molecular formula is C12H9BrFNO. The van der Waals surface area contributed by atoms with Gasteiger partial charge in [-0.05, 0) is 27.6 Å². The third-order valence-electron chi connectivity index (χ3n) is 1.99. The van der Waals surface area contributed by atoms with E-state index >= 15 is 0 Å². The molecule has 0 aliphatic rings. The average molecular weight is 282 g/mol. The van der Waals surface area contributed by atoms with Gasteiger partial charge < -0.3 is 4.74 Å². The van der Waals surface area contributed by atoms with Crippen molar-refractivity contribution in [3.63, 3.8) is 0 Å². The first-order chi connectivity index (χ1) is 7.75. The summed E-state index contributed by atoms with van der Waals surface area (Å²) in [5.41, 5.74) is 1.04. The number of hydrogen-bond acceptors (Lipinski definition) is 2. The van der Waals surface area contributed by atoms with Gasteiger partial charge in [0.05, 0.1) is 10.7 Å². The fourth-order valence-electron chi connectivity index (χ4n) is 1.23. The standard InChI is InChI=1S/C12H9BrFNO/c13-11-6-10(14)7-15-12(11)16-8-9-4-2-1-3-5-9/h1-7H,8H2. The van der Waals surface area contributed by atoms with Gasteiger partial charge in [0, 0.05) is 0 Å². The Balaban J connectivity index is 2.05. The quantitative estimate of drug-likeness (QED) is 0.858. The van der Waals surface area contributed by atoms with Gasteiger partial charge in [-0.1, -0.05) is 30.3 Å². The van der Waals surface area contributed by atoms with E-state index in [4.69, 9.17) is 4.74 Å². The average Bonchev–Trinajstić information content (AvgIpc) is 2.29. The van der Waals surface area contributed by atoms with Gasteiger partial charge in [0.2, 0.25) is 5.88 Å². The molecule has 4 heteroatoms. The van der Waals surface area contributed by atoms with E-state index in [1.54, 1.807) is 0 Å². The Kier molecular flexibility index (Phi) is 3.51. The van der Waals surface area contributed by atoms with Crippen LogP contribution < -0.4 is 4.74 Å². The number of halogens is 2. The van der Waals surface area contributed by atoms with Crippen LogP contribution >= 0.6 is 15.9 Å². The van der Waals surface area contributed by atoms with Gasteiger partial charge in [-0.3, -0.25) is 0 Å². The lowest BCUT2D eigenvalue weighted by Crippen LogP contribution is -1.98. The molecule has 0 amide bonds. The van der Waals surface area contributed by atoms with Gasteiger partial charge >= 0.3 is 0 Å². The van der Waals surface area contributed by atoms with Crippen LogP contribution in [-0.4, -0.2) is 4.98 Å². The minimum Gasteiger partial charge on any atom is -0.472 e. The predicted octanol–water partition coefficient (Wildman–Crippen LogP) is 3.56. The third-order valence-corrected chi connectivity index (χ3v) is 2.56. The SMILES string of the molecule is Fc1cnc(OCc2ccccc2)c(Br)c1. The molecule has 0 N–H and O–H groups in total. The molecule has 1 heterocycles. The minimum atomic E-state index is -0.390. The molecule has 0 aliphatic heterocycles. The first-order valence-electron chi connectivity index (χ1n) is 4.73. The van der Waals surface area contributed by atoms with Crippen molar-refractivity contribution in [2.75, 3.05) is 0 Å². The van der Waals surface area contributed by atoms with E-state index in [2.05, 4.69) is 20.9 Å². The number of nitrogens with zero attached hydrogens (tertiary/aromatic N) is 1. The summed E-state index contributed by atoms with van der Waals surface area (Å²) < 4.78 is 18.7. The van der Waals surface area contributed by atoms with Crippen molar-refractivity contribution in [3.05, 3.63) is 58.4 Å². The summed E-state index contributed by atoms with van der Waals surface area (Å²) in [6, 6.07) is 11.1. The maximum atomic E-state index is 12.8. The van der Waals surface area contributed by atoms with E-state index in [-0.39, 0.29) is 5.82 Å². The maximum absolute atomic E-state index is 12.8. The van der Waals surface area contributed by atoms with E-state index < -0.39 is 0 Å². The lowest BCUT2D eigenvalue weighted by atomic mass is 10.2. The highest BCUT2D eigenvalue weighted by atomic mass is 79.9. The predicted molar refractivity (Wildman–Crippen MR) is 62.7 cm³/mol. The smallest absolute Gasteiger partial charge is 0.228 e. The molecule has 0 spiro atoms. The largest absolute Gasteiger partial charge is 0.472 e. The van der Waals surface area contributed by atoms with E-state index in [9.17, 15) is 4.39 Å². The molecule has 1 aromatic carbocycles. The van der Waals surface area contributed by atoms with Crippen molar-refractivity contribution in [1.29, 1.82) is 0 Å². The van der Waals surface area contributed by atoms with Crippen molar-refractivity contribution in [2.24, 2.45) is 0 Å². The Hall–Kier alpha value is -1.42. The highest BCUT2D eigenvalue weighted by Gasteiger charge is 2.04. The molecule has 0 aliphatic carbocycles. The summed E-state index contributed by atoms with van der Waals surface area (Å²) in [6.07, 6.45) is 1.13. The highest BCUT2D eigenvalue weighted by molar-refractivity contribution is 9.10. The van der Waals surface area contributed by atoms with Gasteiger partial charge in [0.15, 0.2) is 0 Å². The Labute approximate surface area is 101 Å². The lowest BCUT2D eigenvalue weighted by Gasteiger charge is -2.06. The van der Waals surface area contributed by atoms with E-state index in [1.807, 2.05) is 30.3 Å². The summed E-state index contributed by atoms with van der Waals surface area (Å²) in [5, 5.41) is 0. The molecule has 0 fully saturated rings. The summed E-state index contributed by atoms with van der Waals surface area (Å²) in [6.45, 7) is 0.415. The molecular weight excluding hydrogens is 273 g/mol. The van der Waals surface area contributed by atoms with Crippen molar-refractivity contribution < 1.29 is 9.13 Å². The molecule has 2 nitrogen and oxygen atoms in total. The number of rotatable bonds is 3. The summed E-state index contributed by atoms with van der Waals surface area (Å²) in [5.74, 6) is 0.00388. The van der Waals surface area contributed by atoms with Crippen molar-refractivity contribution in [3.8, 4) is 5.88 Å². The molecule has 2 rings (SSSR count). The van der Waals surface area contributed by atoms with E-state index in [0.717, 1.165) is 11.8 Å². The molecule has 0 saturated heterocycles. The lowest BCUT2D eigenvalue weighted by molar-refractivity contribution is 0.291. The van der Waals surface area contributed by atoms with Crippen molar-refractivity contribution >= 4 is 15.9 Å². The van der Waals surface area contributed by atoms with Crippen LogP contribution in [0.5, 0.6) is 5.88 Å². The topological polar surface area (TPSA) is 22.1 Å². The maximum Gasteiger partial charge on any atom is 0.228 e. The second-order valence-electron chi connectivity index (χ2n) is 3.21. The van der Waals surface area contributed by atoms with Gasteiger partial charge in [0.25, 0.3) is 0 Å². The Bertz CT molecular complexity index is 476. The second kappa shape index (κ2) is 5.07. The zero-order valence-electron chi connectivity index (χ0n) is 8.36. The molecule has 0 unspecified atom stereocenters. The highest BCUT2D eigenvalue weighted by Crippen LogP contribution is 2.23. The van der Waals surface area contributed by atoms with Crippen LogP contribution in [0.2, 0.25) is 0 Å². The molecule has 0 bridgehead atoms. The third kappa shape index (κ3) is 2.79. The Morgan fingerprint density at radius 2 is 2.00 bits per heavy atom. The number of benzene rings is 1. The van der Waals surface area contributed by atoms with Crippen molar-refractivity contribution in [2.45, 2.75) is 6.61 Å². The van der Waals surface area contributed by atoms with Crippen LogP contribution in [-0.2, 0) is 6.61 Å². The minimum absolute atomic E-state index is 0.390. The number of aromatic nitrogens is 1. The van der Waals surface area contributed by atoms with Gasteiger partial charge in [-0.25, -0.2) is 9.37 Å². The monoisotopic (exact) mass is 281 g/mol. The first kappa shape index (κ1) is 11.1. The molecule has 0 radical (unpaired) electrons. The van der Waals surface area contributed by atoms with E-state index in [0.29, 0.717) is 17.0 Å². The first-order valence-corrected chi connectivity index (χ1v) is 5.53. The molecule has 0 saturated carbocycles.